The Morgan fingerprint density at radius 3 is 2.45 bits per heavy atom. The van der Waals surface area contributed by atoms with Crippen LogP contribution in [0.25, 0.3) is 5.57 Å². The second-order valence-corrected chi connectivity index (χ2v) is 2.63. The highest BCUT2D eigenvalue weighted by molar-refractivity contribution is 5.75. The van der Waals surface area contributed by atoms with Gasteiger partial charge in [0, 0.05) is 16.9 Å². The summed E-state index contributed by atoms with van der Waals surface area (Å²) in [6.07, 6.45) is 0. The SMILES string of the molecule is C=C(C)c1cc(N)ccc1N. The van der Waals surface area contributed by atoms with Gasteiger partial charge in [-0.25, -0.2) is 0 Å². The summed E-state index contributed by atoms with van der Waals surface area (Å²) in [5.41, 5.74) is 14.6. The van der Waals surface area contributed by atoms with Crippen molar-refractivity contribution in [2.45, 2.75) is 6.92 Å². The third kappa shape index (κ3) is 1.52. The lowest BCUT2D eigenvalue weighted by atomic mass is 10.1. The number of hydrogen-bond acceptors (Lipinski definition) is 2. The van der Waals surface area contributed by atoms with E-state index in [4.69, 9.17) is 11.5 Å². The van der Waals surface area contributed by atoms with Gasteiger partial charge in [0.25, 0.3) is 0 Å². The van der Waals surface area contributed by atoms with Crippen molar-refractivity contribution < 1.29 is 0 Å². The van der Waals surface area contributed by atoms with Gasteiger partial charge >= 0.3 is 0 Å². The van der Waals surface area contributed by atoms with Crippen LogP contribution in [0, 0.1) is 0 Å². The van der Waals surface area contributed by atoms with Crippen molar-refractivity contribution in [1.82, 2.24) is 0 Å². The normalized spacial score (nSPS) is 9.55. The molecular weight excluding hydrogens is 136 g/mol. The van der Waals surface area contributed by atoms with Crippen molar-refractivity contribution >= 4 is 16.9 Å². The molecule has 4 N–H and O–H groups in total. The molecular formula is C9H12N2. The average Bonchev–Trinajstić information content (AvgIpc) is 1.94. The molecule has 0 spiro atoms. The zero-order chi connectivity index (χ0) is 8.43. The summed E-state index contributed by atoms with van der Waals surface area (Å²) < 4.78 is 0. The Kier molecular flexibility index (Phi) is 1.85. The van der Waals surface area contributed by atoms with Crippen LogP contribution in [-0.2, 0) is 0 Å². The summed E-state index contributed by atoms with van der Waals surface area (Å²) in [6.45, 7) is 5.70. The zero-order valence-electron chi connectivity index (χ0n) is 6.59. The molecule has 1 aromatic carbocycles. The van der Waals surface area contributed by atoms with Gasteiger partial charge in [-0.3, -0.25) is 0 Å². The Bertz CT molecular complexity index is 290. The summed E-state index contributed by atoms with van der Waals surface area (Å²) in [5.74, 6) is 0. The lowest BCUT2D eigenvalue weighted by molar-refractivity contribution is 1.57. The van der Waals surface area contributed by atoms with E-state index in [-0.39, 0.29) is 0 Å². The van der Waals surface area contributed by atoms with Crippen molar-refractivity contribution in [2.75, 3.05) is 11.5 Å². The van der Waals surface area contributed by atoms with E-state index in [1.807, 2.05) is 13.0 Å². The number of rotatable bonds is 1. The van der Waals surface area contributed by atoms with Gasteiger partial charge in [0.1, 0.15) is 0 Å². The van der Waals surface area contributed by atoms with Crippen molar-refractivity contribution in [3.8, 4) is 0 Å². The smallest absolute Gasteiger partial charge is 0.0391 e. The number of nitrogens with two attached hydrogens (primary N) is 2. The highest BCUT2D eigenvalue weighted by Gasteiger charge is 1.98. The molecule has 0 heterocycles. The fourth-order valence-corrected chi connectivity index (χ4v) is 0.943. The fraction of sp³-hybridized carbons (Fsp3) is 0.111. The van der Waals surface area contributed by atoms with E-state index in [1.165, 1.54) is 0 Å². The maximum Gasteiger partial charge on any atom is 0.0391 e. The van der Waals surface area contributed by atoms with Crippen LogP contribution >= 0.6 is 0 Å². The monoisotopic (exact) mass is 148 g/mol. The maximum atomic E-state index is 5.67. The van der Waals surface area contributed by atoms with Gasteiger partial charge in [0.05, 0.1) is 0 Å². The third-order valence-electron chi connectivity index (χ3n) is 1.54. The van der Waals surface area contributed by atoms with E-state index in [0.717, 1.165) is 22.5 Å². The molecule has 0 amide bonds. The van der Waals surface area contributed by atoms with Crippen LogP contribution in [0.15, 0.2) is 24.8 Å². The Morgan fingerprint density at radius 1 is 1.36 bits per heavy atom. The summed E-state index contributed by atoms with van der Waals surface area (Å²) in [7, 11) is 0. The summed E-state index contributed by atoms with van der Waals surface area (Å²) in [5, 5.41) is 0. The number of allylic oxidation sites excluding steroid dienone is 1. The molecule has 0 fully saturated rings. The van der Waals surface area contributed by atoms with E-state index in [0.29, 0.717) is 0 Å². The van der Waals surface area contributed by atoms with Crippen LogP contribution in [0.1, 0.15) is 12.5 Å². The average molecular weight is 148 g/mol. The van der Waals surface area contributed by atoms with Crippen molar-refractivity contribution in [3.63, 3.8) is 0 Å². The topological polar surface area (TPSA) is 52.0 Å². The molecule has 0 saturated heterocycles. The molecule has 2 nitrogen and oxygen atoms in total. The van der Waals surface area contributed by atoms with Crippen LogP contribution in [0.3, 0.4) is 0 Å². The molecule has 0 aromatic heterocycles. The minimum atomic E-state index is 0.720. The van der Waals surface area contributed by atoms with E-state index < -0.39 is 0 Å². The lowest BCUT2D eigenvalue weighted by Gasteiger charge is -2.04. The largest absolute Gasteiger partial charge is 0.399 e. The maximum absolute atomic E-state index is 5.67. The molecule has 0 aliphatic carbocycles. The number of hydrogen-bond donors (Lipinski definition) is 2. The Morgan fingerprint density at radius 2 is 2.00 bits per heavy atom. The predicted octanol–water partition coefficient (Wildman–Crippen LogP) is 1.88. The molecule has 11 heavy (non-hydrogen) atoms. The van der Waals surface area contributed by atoms with Crippen LogP contribution in [-0.4, -0.2) is 0 Å². The van der Waals surface area contributed by atoms with Crippen LogP contribution in [0.2, 0.25) is 0 Å². The Hall–Kier alpha value is -1.44. The molecule has 1 rings (SSSR count). The minimum Gasteiger partial charge on any atom is -0.399 e. The lowest BCUT2D eigenvalue weighted by Crippen LogP contribution is -1.93. The number of nitrogen functional groups attached to an aromatic ring is 2. The summed E-state index contributed by atoms with van der Waals surface area (Å²) in [6, 6.07) is 5.40. The van der Waals surface area contributed by atoms with E-state index in [2.05, 4.69) is 6.58 Å². The van der Waals surface area contributed by atoms with Gasteiger partial charge in [0.15, 0.2) is 0 Å². The molecule has 58 valence electrons. The van der Waals surface area contributed by atoms with Crippen LogP contribution in [0.5, 0.6) is 0 Å². The van der Waals surface area contributed by atoms with Crippen LogP contribution in [0.4, 0.5) is 11.4 Å². The summed E-state index contributed by atoms with van der Waals surface area (Å²) >= 11 is 0. The van der Waals surface area contributed by atoms with Crippen LogP contribution < -0.4 is 11.5 Å². The van der Waals surface area contributed by atoms with Gasteiger partial charge in [0.2, 0.25) is 0 Å². The fourth-order valence-electron chi connectivity index (χ4n) is 0.943. The minimum absolute atomic E-state index is 0.720. The first-order valence-electron chi connectivity index (χ1n) is 3.42. The number of benzene rings is 1. The Labute approximate surface area is 66.5 Å². The quantitative estimate of drug-likeness (QED) is 0.597. The zero-order valence-corrected chi connectivity index (χ0v) is 6.59. The van der Waals surface area contributed by atoms with Gasteiger partial charge in [-0.15, -0.1) is 0 Å². The van der Waals surface area contributed by atoms with E-state index in [9.17, 15) is 0 Å². The molecule has 0 radical (unpaired) electrons. The molecule has 1 aromatic rings. The van der Waals surface area contributed by atoms with Gasteiger partial charge in [-0.2, -0.15) is 0 Å². The molecule has 0 bridgehead atoms. The highest BCUT2D eigenvalue weighted by atomic mass is 14.6. The first-order valence-corrected chi connectivity index (χ1v) is 3.42. The van der Waals surface area contributed by atoms with Gasteiger partial charge in [-0.05, 0) is 30.7 Å². The van der Waals surface area contributed by atoms with Crippen molar-refractivity contribution in [2.24, 2.45) is 0 Å². The molecule has 0 atom stereocenters. The summed E-state index contributed by atoms with van der Waals surface area (Å²) in [4.78, 5) is 0. The molecule has 2 heteroatoms. The molecule has 0 aliphatic rings. The second kappa shape index (κ2) is 2.66. The number of anilines is 2. The second-order valence-electron chi connectivity index (χ2n) is 2.63. The first kappa shape index (κ1) is 7.66. The molecule has 0 aliphatic heterocycles. The highest BCUT2D eigenvalue weighted by Crippen LogP contribution is 2.21. The van der Waals surface area contributed by atoms with Gasteiger partial charge in [-0.1, -0.05) is 6.58 Å². The standard InChI is InChI=1S/C9H12N2/c1-6(2)8-5-7(10)3-4-9(8)11/h3-5H,1,10-11H2,2H3. The van der Waals surface area contributed by atoms with Gasteiger partial charge < -0.3 is 11.5 Å². The van der Waals surface area contributed by atoms with Crippen molar-refractivity contribution in [1.29, 1.82) is 0 Å². The Balaban J connectivity index is 3.23. The predicted molar refractivity (Wildman–Crippen MR) is 50.0 cm³/mol. The molecule has 0 saturated carbocycles. The van der Waals surface area contributed by atoms with Crippen molar-refractivity contribution in [3.05, 3.63) is 30.3 Å². The third-order valence-corrected chi connectivity index (χ3v) is 1.54. The van der Waals surface area contributed by atoms with E-state index in [1.54, 1.807) is 12.1 Å². The van der Waals surface area contributed by atoms with E-state index >= 15 is 0 Å². The molecule has 0 unspecified atom stereocenters. The first-order chi connectivity index (χ1) is 5.11.